The number of fused-ring (bicyclic) bond motifs is 1. The molecule has 0 spiro atoms. The number of nitrogens with zero attached hydrogens (tertiary/aromatic N) is 4. The van der Waals surface area contributed by atoms with E-state index in [0.717, 1.165) is 15.8 Å². The highest BCUT2D eigenvalue weighted by atomic mass is 79.9. The van der Waals surface area contributed by atoms with Crippen molar-refractivity contribution in [2.45, 2.75) is 19.9 Å². The van der Waals surface area contributed by atoms with Gasteiger partial charge in [0.25, 0.3) is 5.78 Å². The number of anilines is 1. The van der Waals surface area contributed by atoms with E-state index >= 15 is 0 Å². The number of benzene rings is 1. The molecule has 36 heavy (non-hydrogen) atoms. The van der Waals surface area contributed by atoms with Crippen LogP contribution in [0.4, 0.5) is 5.13 Å². The van der Waals surface area contributed by atoms with Gasteiger partial charge < -0.3 is 9.84 Å². The Morgan fingerprint density at radius 1 is 1.11 bits per heavy atom. The number of halogens is 1. The van der Waals surface area contributed by atoms with Gasteiger partial charge in [0.05, 0.1) is 30.1 Å². The van der Waals surface area contributed by atoms with E-state index in [2.05, 4.69) is 25.9 Å². The number of hydrogen-bond acceptors (Lipinski definition) is 8. The maximum absolute atomic E-state index is 13.5. The Balaban J connectivity index is 1.77. The second kappa shape index (κ2) is 8.99. The fourth-order valence-corrected chi connectivity index (χ4v) is 5.74. The van der Waals surface area contributed by atoms with Gasteiger partial charge in [-0.1, -0.05) is 45.5 Å². The molecule has 0 aliphatic carbocycles. The van der Waals surface area contributed by atoms with E-state index in [9.17, 15) is 19.5 Å². The monoisotopic (exact) mass is 566 g/mol. The van der Waals surface area contributed by atoms with E-state index in [1.807, 2.05) is 12.1 Å². The third kappa shape index (κ3) is 3.71. The number of pyridine rings is 1. The summed E-state index contributed by atoms with van der Waals surface area (Å²) in [6.07, 6.45) is 1.72. The lowest BCUT2D eigenvalue weighted by Crippen LogP contribution is -2.29. The average molecular weight is 567 g/mol. The summed E-state index contributed by atoms with van der Waals surface area (Å²) in [5.41, 5.74) is 2.24. The first kappa shape index (κ1) is 23.9. The Kier molecular flexibility index (Phi) is 5.97. The third-order valence-corrected chi connectivity index (χ3v) is 7.53. The Morgan fingerprint density at radius 3 is 2.61 bits per heavy atom. The number of aliphatic hydroxyl groups is 1. The molecule has 4 aromatic rings. The lowest BCUT2D eigenvalue weighted by Gasteiger charge is -2.23. The summed E-state index contributed by atoms with van der Waals surface area (Å²) in [5.74, 6) is -2.67. The molecular weight excluding hydrogens is 548 g/mol. The molecule has 0 radical (unpaired) electrons. The topological polar surface area (TPSA) is 114 Å². The summed E-state index contributed by atoms with van der Waals surface area (Å²) in [6.45, 7) is 3.35. The molecule has 1 aliphatic heterocycles. The van der Waals surface area contributed by atoms with Crippen molar-refractivity contribution in [1.29, 1.82) is 0 Å². The molecule has 1 unspecified atom stereocenters. The van der Waals surface area contributed by atoms with Crippen molar-refractivity contribution in [2.24, 2.45) is 0 Å². The highest BCUT2D eigenvalue weighted by Gasteiger charge is 2.49. The summed E-state index contributed by atoms with van der Waals surface area (Å²) in [4.78, 5) is 49.4. The standard InChI is InChI=1S/C25H19BrN4O5S/c1-12-18(29-10-5-4-9-16(29)27-12)20(31)17-19(14-7-6-8-15(26)11-14)30(23(33)21(17)32)25-28-13(2)22(36-25)24(34)35-3/h4-11,19,31H,1-3H3/b20-17+. The number of ketones is 1. The Morgan fingerprint density at radius 2 is 1.89 bits per heavy atom. The molecule has 1 aliphatic rings. The molecular formula is C25H19BrN4O5S. The molecule has 5 rings (SSSR count). The summed E-state index contributed by atoms with van der Waals surface area (Å²) in [7, 11) is 1.26. The average Bonchev–Trinajstić information content (AvgIpc) is 3.48. The van der Waals surface area contributed by atoms with Gasteiger partial charge >= 0.3 is 11.9 Å². The van der Waals surface area contributed by atoms with E-state index < -0.39 is 23.7 Å². The number of carbonyl (C=O) groups is 3. The first-order chi connectivity index (χ1) is 17.2. The van der Waals surface area contributed by atoms with Crippen LogP contribution in [0.1, 0.15) is 38.4 Å². The molecule has 1 atom stereocenters. The fourth-order valence-electron chi connectivity index (χ4n) is 4.32. The van der Waals surface area contributed by atoms with Gasteiger partial charge in [-0.2, -0.15) is 0 Å². The van der Waals surface area contributed by atoms with Crippen molar-refractivity contribution < 1.29 is 24.2 Å². The van der Waals surface area contributed by atoms with Crippen LogP contribution >= 0.6 is 27.3 Å². The Labute approximate surface area is 217 Å². The smallest absolute Gasteiger partial charge is 0.350 e. The van der Waals surface area contributed by atoms with Crippen LogP contribution in [-0.4, -0.2) is 44.2 Å². The lowest BCUT2D eigenvalue weighted by molar-refractivity contribution is -0.132. The number of amides is 1. The predicted octanol–water partition coefficient (Wildman–Crippen LogP) is 4.58. The van der Waals surface area contributed by atoms with Crippen LogP contribution in [0.2, 0.25) is 0 Å². The van der Waals surface area contributed by atoms with Crippen molar-refractivity contribution in [2.75, 3.05) is 12.0 Å². The van der Waals surface area contributed by atoms with Gasteiger partial charge in [0.2, 0.25) is 0 Å². The first-order valence-electron chi connectivity index (χ1n) is 10.8. The van der Waals surface area contributed by atoms with Crippen LogP contribution in [-0.2, 0) is 14.3 Å². The lowest BCUT2D eigenvalue weighted by atomic mass is 9.96. The SMILES string of the molecule is COC(=O)c1sc(N2C(=O)C(=O)/C(=C(/O)c3c(C)nc4ccccn34)C2c2cccc(Br)c2)nc1C. The third-order valence-electron chi connectivity index (χ3n) is 5.90. The number of aryl methyl sites for hydroxylation is 2. The van der Waals surface area contributed by atoms with Crippen molar-refractivity contribution in [3.8, 4) is 0 Å². The second-order valence-electron chi connectivity index (χ2n) is 8.10. The normalized spacial score (nSPS) is 17.2. The van der Waals surface area contributed by atoms with E-state index in [-0.39, 0.29) is 21.3 Å². The molecule has 9 nitrogen and oxygen atoms in total. The zero-order valence-corrected chi connectivity index (χ0v) is 21.8. The Hall–Kier alpha value is -3.83. The molecule has 1 amide bonds. The number of thiazole rings is 1. The van der Waals surface area contributed by atoms with Gasteiger partial charge in [-0.25, -0.2) is 14.8 Å². The molecule has 1 saturated heterocycles. The van der Waals surface area contributed by atoms with Crippen LogP contribution in [0.15, 0.2) is 58.7 Å². The summed E-state index contributed by atoms with van der Waals surface area (Å²) < 4.78 is 7.22. The van der Waals surface area contributed by atoms with Crippen LogP contribution < -0.4 is 4.90 Å². The van der Waals surface area contributed by atoms with E-state index in [1.165, 1.54) is 12.0 Å². The number of imidazole rings is 1. The molecule has 1 aromatic carbocycles. The number of carbonyl (C=O) groups excluding carboxylic acids is 3. The van der Waals surface area contributed by atoms with Gasteiger partial charge in [-0.15, -0.1) is 0 Å². The molecule has 0 saturated carbocycles. The number of hydrogen-bond donors (Lipinski definition) is 1. The molecule has 0 bridgehead atoms. The molecule has 182 valence electrons. The van der Waals surface area contributed by atoms with Gasteiger partial charge in [0.15, 0.2) is 10.9 Å². The van der Waals surface area contributed by atoms with Crippen LogP contribution in [0, 0.1) is 13.8 Å². The number of Topliss-reactive ketones (excluding diaryl/α,β-unsaturated/α-hetero) is 1. The molecule has 4 heterocycles. The van der Waals surface area contributed by atoms with Crippen molar-refractivity contribution in [3.05, 3.63) is 86.2 Å². The van der Waals surface area contributed by atoms with Gasteiger partial charge in [-0.3, -0.25) is 18.9 Å². The highest BCUT2D eigenvalue weighted by molar-refractivity contribution is 9.10. The predicted molar refractivity (Wildman–Crippen MR) is 137 cm³/mol. The molecule has 11 heteroatoms. The molecule has 1 fully saturated rings. The minimum atomic E-state index is -0.993. The first-order valence-corrected chi connectivity index (χ1v) is 12.4. The number of aromatic nitrogens is 3. The Bertz CT molecular complexity index is 1600. The number of ether oxygens (including phenoxy) is 1. The van der Waals surface area contributed by atoms with Gasteiger partial charge in [0, 0.05) is 10.7 Å². The van der Waals surface area contributed by atoms with Crippen molar-refractivity contribution in [1.82, 2.24) is 14.4 Å². The molecule has 3 aromatic heterocycles. The number of aliphatic hydroxyl groups excluding tert-OH is 1. The van der Waals surface area contributed by atoms with Gasteiger partial charge in [-0.05, 0) is 43.7 Å². The number of rotatable bonds is 4. The van der Waals surface area contributed by atoms with Crippen LogP contribution in [0.3, 0.4) is 0 Å². The largest absolute Gasteiger partial charge is 0.505 e. The van der Waals surface area contributed by atoms with Crippen LogP contribution in [0.5, 0.6) is 0 Å². The number of esters is 1. The van der Waals surface area contributed by atoms with Crippen molar-refractivity contribution >= 4 is 61.5 Å². The fraction of sp³-hybridized carbons (Fsp3) is 0.160. The van der Waals surface area contributed by atoms with Gasteiger partial charge in [0.1, 0.15) is 16.2 Å². The second-order valence-corrected chi connectivity index (χ2v) is 9.99. The van der Waals surface area contributed by atoms with E-state index in [1.54, 1.807) is 54.8 Å². The highest BCUT2D eigenvalue weighted by Crippen LogP contribution is 2.44. The van der Waals surface area contributed by atoms with E-state index in [4.69, 9.17) is 4.74 Å². The summed E-state index contributed by atoms with van der Waals surface area (Å²) in [5, 5.41) is 11.7. The zero-order chi connectivity index (χ0) is 25.7. The maximum Gasteiger partial charge on any atom is 0.350 e. The minimum absolute atomic E-state index is 0.0978. The van der Waals surface area contributed by atoms with Crippen LogP contribution in [0.25, 0.3) is 11.4 Å². The zero-order valence-electron chi connectivity index (χ0n) is 19.4. The quantitative estimate of drug-likeness (QED) is 0.166. The maximum atomic E-state index is 13.5. The van der Waals surface area contributed by atoms with E-state index in [0.29, 0.717) is 28.3 Å². The molecule has 1 N–H and O–H groups in total. The summed E-state index contributed by atoms with van der Waals surface area (Å²) in [6, 6.07) is 11.5. The summed E-state index contributed by atoms with van der Waals surface area (Å²) >= 11 is 4.39. The number of methoxy groups -OCH3 is 1. The minimum Gasteiger partial charge on any atom is -0.505 e. The van der Waals surface area contributed by atoms with Crippen molar-refractivity contribution in [3.63, 3.8) is 0 Å².